The number of alkyl carbamates (subject to hydrolysis) is 2. The fourth-order valence-corrected chi connectivity index (χ4v) is 10.5. The third-order valence-electron chi connectivity index (χ3n) is 13.7. The number of carbonyl (C=O) groups is 4. The first kappa shape index (κ1) is 43.6. The Morgan fingerprint density at radius 2 is 1.48 bits per heavy atom. The van der Waals surface area contributed by atoms with E-state index in [4.69, 9.17) is 24.2 Å². The molecule has 2 saturated heterocycles. The SMILES string of the molecule is CCCN(Cc1nc2c(ccc3cc(-c4ccc5c(ccc6[nH]c(C7[C@H]8CC[C@H](C8)N7C(=O)C(C=C7CCOCC7)NC(=O)OC)nc65)c4)ccc32)[nH]1)C(=O)[C@H](NC(=O)OC)c1ccccc1. The number of nitrogens with zero attached hydrogens (tertiary/aromatic N) is 4. The predicted molar refractivity (Wildman–Crippen MR) is 255 cm³/mol. The fourth-order valence-electron chi connectivity index (χ4n) is 10.5. The summed E-state index contributed by atoms with van der Waals surface area (Å²) in [6.45, 7) is 3.90. The van der Waals surface area contributed by atoms with Gasteiger partial charge in [-0.15, -0.1) is 0 Å². The molecule has 2 unspecified atom stereocenters. The van der Waals surface area contributed by atoms with Crippen LogP contribution in [0.3, 0.4) is 0 Å². The van der Waals surface area contributed by atoms with E-state index in [2.05, 4.69) is 75.2 Å². The average molecular weight is 903 g/mol. The second kappa shape index (κ2) is 18.6. The van der Waals surface area contributed by atoms with Crippen LogP contribution in [0.1, 0.15) is 74.7 Å². The highest BCUT2D eigenvalue weighted by Crippen LogP contribution is 2.50. The van der Waals surface area contributed by atoms with Crippen LogP contribution < -0.4 is 10.6 Å². The maximum absolute atomic E-state index is 14.5. The van der Waals surface area contributed by atoms with Crippen LogP contribution in [0.5, 0.6) is 0 Å². The number of hydrogen-bond acceptors (Lipinski definition) is 9. The number of likely N-dealkylation sites (tertiary alicyclic amines) is 1. The van der Waals surface area contributed by atoms with E-state index in [-0.39, 0.29) is 36.4 Å². The summed E-state index contributed by atoms with van der Waals surface area (Å²) in [5.74, 6) is 1.27. The summed E-state index contributed by atoms with van der Waals surface area (Å²) < 4.78 is 15.3. The van der Waals surface area contributed by atoms with Gasteiger partial charge in [0.05, 0.1) is 62.1 Å². The molecule has 4 amide bonds. The molecule has 10 rings (SSSR count). The molecule has 344 valence electrons. The van der Waals surface area contributed by atoms with Gasteiger partial charge < -0.3 is 44.6 Å². The zero-order valence-corrected chi connectivity index (χ0v) is 37.8. The van der Waals surface area contributed by atoms with Crippen molar-refractivity contribution in [3.63, 3.8) is 0 Å². The molecular weight excluding hydrogens is 849 g/mol. The molecule has 0 spiro atoms. The predicted octanol–water partition coefficient (Wildman–Crippen LogP) is 8.76. The molecular formula is C52H54N8O7. The number of imidazole rings is 2. The monoisotopic (exact) mass is 902 g/mol. The number of rotatable bonds is 12. The Hall–Kier alpha value is -7.26. The van der Waals surface area contributed by atoms with Crippen molar-refractivity contribution in [1.29, 1.82) is 0 Å². The minimum absolute atomic E-state index is 0.0708. The first-order chi connectivity index (χ1) is 32.7. The number of benzene rings is 5. The molecule has 4 N–H and O–H groups in total. The van der Waals surface area contributed by atoms with Gasteiger partial charge in [-0.3, -0.25) is 9.59 Å². The van der Waals surface area contributed by atoms with Gasteiger partial charge in [0.25, 0.3) is 0 Å². The minimum atomic E-state index is -0.917. The lowest BCUT2D eigenvalue weighted by molar-refractivity contribution is -0.137. The molecule has 2 aliphatic heterocycles. The zero-order chi connectivity index (χ0) is 46.2. The van der Waals surface area contributed by atoms with Crippen molar-refractivity contribution in [1.82, 2.24) is 40.4 Å². The standard InChI is InChI=1S/C52H54N8O7/c1-4-22-59(50(62)44(58-52(64)66-3)31-8-6-5-7-9-31)29-43-53-40-18-13-34-26-32(11-16-38(34)45(40)56-43)33-12-17-39-35(27-33)14-19-41-46(39)57-48(54-41)47-36-10-15-37(28-36)60(47)49(61)42(55-51(63)65-2)25-30-20-23-67-24-21-30/h5-9,11-14,16-19,25-27,36-37,42,44,47H,4,10,15,20-24,28-29H2,1-3H3,(H,53,56)(H,54,57)(H,55,63)(H,58,64)/t36-,37+,42?,44+,47?/m0/s1. The molecule has 3 aliphatic rings. The Balaban J connectivity index is 0.906. The molecule has 2 aromatic heterocycles. The van der Waals surface area contributed by atoms with Crippen molar-refractivity contribution >= 4 is 67.6 Å². The lowest BCUT2D eigenvalue weighted by Gasteiger charge is -2.36. The zero-order valence-electron chi connectivity index (χ0n) is 37.8. The Morgan fingerprint density at radius 1 is 0.821 bits per heavy atom. The first-order valence-electron chi connectivity index (χ1n) is 23.2. The van der Waals surface area contributed by atoms with Crippen LogP contribution in [0.2, 0.25) is 0 Å². The fraction of sp³-hybridized carbons (Fsp3) is 0.346. The average Bonchev–Trinajstić information content (AvgIpc) is 4.19. The molecule has 0 radical (unpaired) electrons. The number of piperidine rings is 1. The molecule has 4 heterocycles. The smallest absolute Gasteiger partial charge is 0.407 e. The largest absolute Gasteiger partial charge is 0.453 e. The van der Waals surface area contributed by atoms with Crippen LogP contribution in [0.25, 0.3) is 54.7 Å². The topological polar surface area (TPSA) is 184 Å². The number of H-pyrrole nitrogens is 2. The summed E-state index contributed by atoms with van der Waals surface area (Å²) in [7, 11) is 2.59. The van der Waals surface area contributed by atoms with E-state index < -0.39 is 24.3 Å². The lowest BCUT2D eigenvalue weighted by atomic mass is 9.96. The molecule has 15 heteroatoms. The maximum Gasteiger partial charge on any atom is 0.407 e. The van der Waals surface area contributed by atoms with Crippen molar-refractivity contribution in [3.8, 4) is 11.1 Å². The molecule has 5 aromatic carbocycles. The van der Waals surface area contributed by atoms with Crippen LogP contribution in [-0.4, -0.2) is 99.8 Å². The molecule has 1 aliphatic carbocycles. The van der Waals surface area contributed by atoms with Gasteiger partial charge in [-0.1, -0.05) is 85.3 Å². The number of methoxy groups -OCH3 is 2. The number of carbonyl (C=O) groups excluding carboxylic acids is 4. The van der Waals surface area contributed by atoms with Gasteiger partial charge in [0.15, 0.2) is 0 Å². The summed E-state index contributed by atoms with van der Waals surface area (Å²) in [4.78, 5) is 74.3. The van der Waals surface area contributed by atoms with Crippen molar-refractivity contribution in [3.05, 3.63) is 120 Å². The van der Waals surface area contributed by atoms with Crippen LogP contribution in [0.4, 0.5) is 9.59 Å². The van der Waals surface area contributed by atoms with E-state index in [0.29, 0.717) is 31.1 Å². The van der Waals surface area contributed by atoms with Gasteiger partial charge >= 0.3 is 12.2 Å². The molecule has 7 aromatic rings. The second-order valence-corrected chi connectivity index (χ2v) is 17.8. The Kier molecular flexibility index (Phi) is 12.1. The molecule has 15 nitrogen and oxygen atoms in total. The summed E-state index contributed by atoms with van der Waals surface area (Å²) in [6, 6.07) is 28.3. The third-order valence-corrected chi connectivity index (χ3v) is 13.7. The number of hydrogen-bond donors (Lipinski definition) is 4. The van der Waals surface area contributed by atoms with Crippen molar-refractivity contribution in [2.75, 3.05) is 34.0 Å². The highest BCUT2D eigenvalue weighted by molar-refractivity contribution is 6.07. The normalized spacial score (nSPS) is 18.9. The Labute approximate surface area is 387 Å². The van der Waals surface area contributed by atoms with Gasteiger partial charge in [0.1, 0.15) is 23.7 Å². The number of amides is 4. The van der Waals surface area contributed by atoms with E-state index >= 15 is 0 Å². The van der Waals surface area contributed by atoms with Gasteiger partial charge in [-0.25, -0.2) is 19.6 Å². The number of fused-ring (bicyclic) bond motifs is 8. The molecule has 1 saturated carbocycles. The number of nitrogens with one attached hydrogen (secondary N) is 4. The highest BCUT2D eigenvalue weighted by Gasteiger charge is 2.51. The number of ether oxygens (including phenoxy) is 3. The molecule has 3 fully saturated rings. The van der Waals surface area contributed by atoms with Crippen molar-refractivity contribution in [2.24, 2.45) is 5.92 Å². The van der Waals surface area contributed by atoms with E-state index in [1.165, 1.54) is 14.2 Å². The van der Waals surface area contributed by atoms with E-state index in [1.54, 1.807) is 4.90 Å². The van der Waals surface area contributed by atoms with Gasteiger partial charge in [0.2, 0.25) is 11.8 Å². The van der Waals surface area contributed by atoms with Gasteiger partial charge in [-0.2, -0.15) is 0 Å². The Morgan fingerprint density at radius 3 is 2.15 bits per heavy atom. The van der Waals surface area contributed by atoms with Gasteiger partial charge in [-0.05, 0) is 96.2 Å². The quantitative estimate of drug-likeness (QED) is 0.0871. The van der Waals surface area contributed by atoms with Crippen LogP contribution >= 0.6 is 0 Å². The van der Waals surface area contributed by atoms with E-state index in [1.807, 2.05) is 54.3 Å². The van der Waals surface area contributed by atoms with E-state index in [0.717, 1.165) is 105 Å². The molecule has 2 bridgehead atoms. The van der Waals surface area contributed by atoms with Crippen molar-refractivity contribution in [2.45, 2.75) is 76.2 Å². The van der Waals surface area contributed by atoms with Crippen LogP contribution in [-0.2, 0) is 30.3 Å². The second-order valence-electron chi connectivity index (χ2n) is 17.8. The first-order valence-corrected chi connectivity index (χ1v) is 23.2. The van der Waals surface area contributed by atoms with Crippen LogP contribution in [0.15, 0.2) is 103 Å². The Bertz CT molecular complexity index is 3050. The summed E-state index contributed by atoms with van der Waals surface area (Å²) in [5.41, 5.74) is 7.30. The number of aromatic nitrogens is 4. The summed E-state index contributed by atoms with van der Waals surface area (Å²) >= 11 is 0. The van der Waals surface area contributed by atoms with Crippen molar-refractivity contribution < 1.29 is 33.4 Å². The maximum atomic E-state index is 14.5. The van der Waals surface area contributed by atoms with Gasteiger partial charge in [0, 0.05) is 23.4 Å². The molecule has 67 heavy (non-hydrogen) atoms. The number of aromatic amines is 2. The van der Waals surface area contributed by atoms with Crippen LogP contribution in [0, 0.1) is 5.92 Å². The highest BCUT2D eigenvalue weighted by atomic mass is 16.5. The summed E-state index contributed by atoms with van der Waals surface area (Å²) in [6.07, 6.45) is 5.56. The van der Waals surface area contributed by atoms with E-state index in [9.17, 15) is 19.2 Å². The molecule has 5 atom stereocenters. The summed E-state index contributed by atoms with van der Waals surface area (Å²) in [5, 5.41) is 9.60. The third kappa shape index (κ3) is 8.55. The minimum Gasteiger partial charge on any atom is -0.453 e. The lowest BCUT2D eigenvalue weighted by Crippen LogP contribution is -2.51.